The molecule has 2 heterocycles. The van der Waals surface area contributed by atoms with Gasteiger partial charge in [-0.3, -0.25) is 9.69 Å². The summed E-state index contributed by atoms with van der Waals surface area (Å²) in [6.07, 6.45) is -3.14. The summed E-state index contributed by atoms with van der Waals surface area (Å²) >= 11 is 7.88. The molecule has 0 saturated heterocycles. The SMILES string of the molecule is CCc1ccc([C@H]2C(C#N)=C(N)N(c3cc(C(F)(F)F)ccc3Cl)C3=C2C(=O)CC(C)(C)C3)s1. The lowest BCUT2D eigenvalue weighted by molar-refractivity contribution is -0.137. The summed E-state index contributed by atoms with van der Waals surface area (Å²) < 4.78 is 40.6. The Kier molecular flexibility index (Phi) is 6.07. The van der Waals surface area contributed by atoms with Crippen molar-refractivity contribution in [3.63, 3.8) is 0 Å². The zero-order valence-corrected chi connectivity index (χ0v) is 20.5. The molecule has 0 fully saturated rings. The van der Waals surface area contributed by atoms with Crippen LogP contribution < -0.4 is 10.6 Å². The van der Waals surface area contributed by atoms with Crippen LogP contribution in [0.2, 0.25) is 5.02 Å². The Labute approximate surface area is 205 Å². The molecule has 178 valence electrons. The number of hydrogen-bond acceptors (Lipinski definition) is 5. The van der Waals surface area contributed by atoms with Crippen LogP contribution in [0.5, 0.6) is 0 Å². The van der Waals surface area contributed by atoms with Crippen molar-refractivity contribution >= 4 is 34.4 Å². The number of Topliss-reactive ketones (excluding diaryl/α,β-unsaturated/α-hetero) is 1. The van der Waals surface area contributed by atoms with Gasteiger partial charge in [-0.1, -0.05) is 32.4 Å². The molecule has 0 amide bonds. The fourth-order valence-electron chi connectivity index (χ4n) is 4.67. The predicted octanol–water partition coefficient (Wildman–Crippen LogP) is 6.92. The molecule has 1 aliphatic heterocycles. The number of alkyl halides is 3. The first-order chi connectivity index (χ1) is 15.9. The van der Waals surface area contributed by atoms with Crippen molar-refractivity contribution in [1.29, 1.82) is 5.26 Å². The Hall–Kier alpha value is -2.76. The van der Waals surface area contributed by atoms with Crippen LogP contribution in [0.4, 0.5) is 18.9 Å². The molecule has 0 radical (unpaired) electrons. The minimum Gasteiger partial charge on any atom is -0.384 e. The average molecular weight is 506 g/mol. The predicted molar refractivity (Wildman–Crippen MR) is 127 cm³/mol. The molecule has 2 aliphatic rings. The number of thiophene rings is 1. The maximum atomic E-state index is 13.5. The van der Waals surface area contributed by atoms with Crippen LogP contribution >= 0.6 is 22.9 Å². The highest BCUT2D eigenvalue weighted by Crippen LogP contribution is 2.52. The Morgan fingerprint density at radius 3 is 2.56 bits per heavy atom. The number of nitrogens with zero attached hydrogens (tertiary/aromatic N) is 2. The van der Waals surface area contributed by atoms with E-state index in [-0.39, 0.29) is 34.3 Å². The first kappa shape index (κ1) is 24.4. The first-order valence-corrected chi connectivity index (χ1v) is 12.0. The number of rotatable bonds is 3. The summed E-state index contributed by atoms with van der Waals surface area (Å²) in [7, 11) is 0. The van der Waals surface area contributed by atoms with Crippen molar-refractivity contribution < 1.29 is 18.0 Å². The van der Waals surface area contributed by atoms with Crippen LogP contribution in [0.1, 0.15) is 54.8 Å². The maximum absolute atomic E-state index is 13.5. The number of nitrogens with two attached hydrogens (primary N) is 1. The summed E-state index contributed by atoms with van der Waals surface area (Å²) in [5.41, 5.74) is 6.20. The van der Waals surface area contributed by atoms with Gasteiger partial charge in [-0.15, -0.1) is 11.3 Å². The standard InChI is InChI=1S/C25H23ClF3N3OS/c1-4-14-6-8-20(34-14)21-15(12-30)23(31)32(18-10-24(2,3)11-19(33)22(18)21)17-9-13(25(27,28)29)5-7-16(17)26/h5-9,21H,4,10-11,31H2,1-3H3/t21-/m1/s1. The molecule has 0 unspecified atom stereocenters. The van der Waals surface area contributed by atoms with Gasteiger partial charge in [0.15, 0.2) is 5.78 Å². The highest BCUT2D eigenvalue weighted by atomic mass is 35.5. The fourth-order valence-corrected chi connectivity index (χ4v) is 5.94. The molecular weight excluding hydrogens is 483 g/mol. The third-order valence-electron chi connectivity index (χ3n) is 6.21. The summed E-state index contributed by atoms with van der Waals surface area (Å²) in [6.45, 7) is 5.87. The fraction of sp³-hybridized carbons (Fsp3) is 0.360. The molecule has 0 saturated carbocycles. The molecule has 4 rings (SSSR count). The molecule has 1 aromatic heterocycles. The van der Waals surface area contributed by atoms with Crippen LogP contribution in [0, 0.1) is 16.7 Å². The van der Waals surface area contributed by atoms with Gasteiger partial charge in [0, 0.05) is 27.4 Å². The van der Waals surface area contributed by atoms with Crippen LogP contribution in [-0.4, -0.2) is 5.78 Å². The Morgan fingerprint density at radius 1 is 1.26 bits per heavy atom. The first-order valence-electron chi connectivity index (χ1n) is 10.8. The number of benzene rings is 1. The second-order valence-corrected chi connectivity index (χ2v) is 10.9. The van der Waals surface area contributed by atoms with Gasteiger partial charge in [0.25, 0.3) is 0 Å². The molecule has 2 N–H and O–H groups in total. The van der Waals surface area contributed by atoms with E-state index >= 15 is 0 Å². The molecule has 1 atom stereocenters. The van der Waals surface area contributed by atoms with Crippen LogP contribution in [0.25, 0.3) is 0 Å². The van der Waals surface area contributed by atoms with Gasteiger partial charge in [0.05, 0.1) is 33.8 Å². The maximum Gasteiger partial charge on any atom is 0.416 e. The summed E-state index contributed by atoms with van der Waals surface area (Å²) in [6, 6.07) is 8.96. The molecule has 1 aromatic carbocycles. The molecular formula is C25H23ClF3N3OS. The second-order valence-electron chi connectivity index (χ2n) is 9.30. The van der Waals surface area contributed by atoms with Crippen molar-refractivity contribution in [2.75, 3.05) is 4.90 Å². The van der Waals surface area contributed by atoms with Gasteiger partial charge in [-0.05, 0) is 48.6 Å². The second kappa shape index (κ2) is 8.47. The van der Waals surface area contributed by atoms with Gasteiger partial charge in [0.1, 0.15) is 5.82 Å². The number of halogens is 4. The van der Waals surface area contributed by atoms with Gasteiger partial charge < -0.3 is 5.73 Å². The molecule has 0 spiro atoms. The number of anilines is 1. The normalized spacial score (nSPS) is 20.5. The average Bonchev–Trinajstić information content (AvgIpc) is 3.21. The quantitative estimate of drug-likeness (QED) is 0.491. The van der Waals surface area contributed by atoms with E-state index in [0.29, 0.717) is 17.7 Å². The smallest absolute Gasteiger partial charge is 0.384 e. The number of hydrogen-bond donors (Lipinski definition) is 1. The van der Waals surface area contributed by atoms with E-state index in [9.17, 15) is 23.2 Å². The summed E-state index contributed by atoms with van der Waals surface area (Å²) in [4.78, 5) is 16.8. The lowest BCUT2D eigenvalue weighted by atomic mass is 9.69. The monoisotopic (exact) mass is 505 g/mol. The Balaban J connectivity index is 2.01. The largest absolute Gasteiger partial charge is 0.416 e. The van der Waals surface area contributed by atoms with Crippen molar-refractivity contribution in [2.45, 2.75) is 52.1 Å². The molecule has 2 aromatic rings. The van der Waals surface area contributed by atoms with E-state index < -0.39 is 23.1 Å². The van der Waals surface area contributed by atoms with Gasteiger partial charge >= 0.3 is 6.18 Å². The number of ketones is 1. The van der Waals surface area contributed by atoms with Crippen LogP contribution in [0.15, 0.2) is 53.0 Å². The van der Waals surface area contributed by atoms with Gasteiger partial charge in [0.2, 0.25) is 0 Å². The lowest BCUT2D eigenvalue weighted by Crippen LogP contribution is -2.42. The summed E-state index contributed by atoms with van der Waals surface area (Å²) in [5, 5.41) is 10.1. The lowest BCUT2D eigenvalue weighted by Gasteiger charge is -2.43. The van der Waals surface area contributed by atoms with Gasteiger partial charge in [-0.25, -0.2) is 0 Å². The summed E-state index contributed by atoms with van der Waals surface area (Å²) in [5.74, 6) is -0.810. The molecule has 34 heavy (non-hydrogen) atoms. The number of aryl methyl sites for hydroxylation is 1. The van der Waals surface area contributed by atoms with Crippen molar-refractivity contribution in [3.8, 4) is 6.07 Å². The highest BCUT2D eigenvalue weighted by Gasteiger charge is 2.45. The molecule has 4 nitrogen and oxygen atoms in total. The Bertz CT molecular complexity index is 1280. The molecule has 0 bridgehead atoms. The van der Waals surface area contributed by atoms with E-state index in [1.54, 1.807) is 0 Å². The van der Waals surface area contributed by atoms with E-state index in [2.05, 4.69) is 6.07 Å². The minimum atomic E-state index is -4.60. The van der Waals surface area contributed by atoms with Crippen LogP contribution in [-0.2, 0) is 17.4 Å². The number of nitriles is 1. The van der Waals surface area contributed by atoms with E-state index in [1.807, 2.05) is 32.9 Å². The van der Waals surface area contributed by atoms with E-state index in [0.717, 1.165) is 34.4 Å². The zero-order chi connectivity index (χ0) is 25.0. The number of carbonyl (C=O) groups is 1. The van der Waals surface area contributed by atoms with E-state index in [1.165, 1.54) is 16.2 Å². The minimum absolute atomic E-state index is 0.00128. The van der Waals surface area contributed by atoms with Crippen molar-refractivity contribution in [1.82, 2.24) is 0 Å². The van der Waals surface area contributed by atoms with Crippen molar-refractivity contribution in [3.05, 3.63) is 73.3 Å². The van der Waals surface area contributed by atoms with Crippen LogP contribution in [0.3, 0.4) is 0 Å². The topological polar surface area (TPSA) is 70.1 Å². The van der Waals surface area contributed by atoms with E-state index in [4.69, 9.17) is 17.3 Å². The third kappa shape index (κ3) is 4.12. The van der Waals surface area contributed by atoms with Crippen molar-refractivity contribution in [2.24, 2.45) is 11.1 Å². The zero-order valence-electron chi connectivity index (χ0n) is 18.9. The Morgan fingerprint density at radius 2 is 1.97 bits per heavy atom. The third-order valence-corrected chi connectivity index (χ3v) is 7.82. The molecule has 1 aliphatic carbocycles. The van der Waals surface area contributed by atoms with Gasteiger partial charge in [-0.2, -0.15) is 18.4 Å². The highest BCUT2D eigenvalue weighted by molar-refractivity contribution is 7.12. The number of allylic oxidation sites excluding steroid dienone is 3. The molecule has 9 heteroatoms. The number of carbonyl (C=O) groups excluding carboxylic acids is 1.